The molecule has 1 unspecified atom stereocenters. The van der Waals surface area contributed by atoms with Gasteiger partial charge in [-0.1, -0.05) is 30.4 Å². The molecular formula is C21H20F4N2OS. The van der Waals surface area contributed by atoms with Gasteiger partial charge in [0, 0.05) is 18.7 Å². The first-order valence-corrected chi connectivity index (χ1v) is 9.53. The van der Waals surface area contributed by atoms with Gasteiger partial charge in [0.1, 0.15) is 10.8 Å². The number of halogens is 4. The second kappa shape index (κ2) is 8.10. The average molecular weight is 424 g/mol. The fourth-order valence-electron chi connectivity index (χ4n) is 3.36. The zero-order valence-corrected chi connectivity index (χ0v) is 16.5. The lowest BCUT2D eigenvalue weighted by Gasteiger charge is -2.28. The largest absolute Gasteiger partial charge is 0.416 e. The Kier molecular flexibility index (Phi) is 5.93. The predicted octanol–water partition coefficient (Wildman–Crippen LogP) is 4.61. The van der Waals surface area contributed by atoms with E-state index in [-0.39, 0.29) is 11.4 Å². The van der Waals surface area contributed by atoms with Crippen molar-refractivity contribution in [2.45, 2.75) is 31.5 Å². The number of carbonyl (C=O) groups excluding carboxylic acids is 1. The first-order valence-electron chi connectivity index (χ1n) is 9.12. The summed E-state index contributed by atoms with van der Waals surface area (Å²) in [4.78, 5) is 15.0. The maximum atomic E-state index is 13.3. The summed E-state index contributed by atoms with van der Waals surface area (Å²) >= 11 is 5.53. The van der Waals surface area contributed by atoms with Crippen LogP contribution in [0.1, 0.15) is 34.8 Å². The minimum atomic E-state index is -4.52. The van der Waals surface area contributed by atoms with Crippen molar-refractivity contribution in [3.8, 4) is 0 Å². The Morgan fingerprint density at radius 3 is 2.62 bits per heavy atom. The number of nitrogens with one attached hydrogen (secondary N) is 1. The van der Waals surface area contributed by atoms with Crippen LogP contribution in [-0.2, 0) is 12.6 Å². The Morgan fingerprint density at radius 1 is 1.21 bits per heavy atom. The lowest BCUT2D eigenvalue weighted by atomic mass is 10.00. The first kappa shape index (κ1) is 21.2. The fourth-order valence-corrected chi connectivity index (χ4v) is 3.70. The van der Waals surface area contributed by atoms with E-state index in [2.05, 4.69) is 5.32 Å². The number of hydrogen-bond acceptors (Lipinski definition) is 2. The number of hydrogen-bond donors (Lipinski definition) is 1. The Morgan fingerprint density at radius 2 is 1.93 bits per heavy atom. The van der Waals surface area contributed by atoms with E-state index in [0.717, 1.165) is 17.7 Å². The van der Waals surface area contributed by atoms with Crippen molar-refractivity contribution in [1.82, 2.24) is 10.2 Å². The molecule has 1 aliphatic heterocycles. The molecule has 3 rings (SSSR count). The molecule has 2 aromatic rings. The summed E-state index contributed by atoms with van der Waals surface area (Å²) in [6.45, 7) is 2.94. The zero-order chi connectivity index (χ0) is 21.2. The molecule has 1 N–H and O–H groups in total. The van der Waals surface area contributed by atoms with Crippen molar-refractivity contribution in [2.75, 3.05) is 13.1 Å². The van der Waals surface area contributed by atoms with Crippen LogP contribution >= 0.6 is 12.2 Å². The Labute approximate surface area is 171 Å². The molecule has 1 fully saturated rings. The molecule has 3 nitrogen and oxygen atoms in total. The van der Waals surface area contributed by atoms with Crippen molar-refractivity contribution in [1.29, 1.82) is 0 Å². The second-order valence-electron chi connectivity index (χ2n) is 7.29. The molecule has 1 saturated heterocycles. The second-order valence-corrected chi connectivity index (χ2v) is 7.67. The standard InChI is InChI=1S/C21H20F4N2OS/c1-20(26-18(28)15-5-3-6-16(13-15)21(23,24)25)9-11-27(19(20)29)10-8-14-4-2-7-17(22)12-14/h2-7,12-13H,8-11H2,1H3,(H,26,28). The predicted molar refractivity (Wildman–Crippen MR) is 106 cm³/mol. The summed E-state index contributed by atoms with van der Waals surface area (Å²) in [5.41, 5.74) is -0.930. The quantitative estimate of drug-likeness (QED) is 0.562. The molecule has 29 heavy (non-hydrogen) atoms. The summed E-state index contributed by atoms with van der Waals surface area (Å²) in [5.74, 6) is -0.905. The van der Waals surface area contributed by atoms with Gasteiger partial charge in [0.15, 0.2) is 0 Å². The summed E-state index contributed by atoms with van der Waals surface area (Å²) in [6.07, 6.45) is -3.38. The Balaban J connectivity index is 1.65. The maximum absolute atomic E-state index is 13.3. The summed E-state index contributed by atoms with van der Waals surface area (Å²) in [7, 11) is 0. The number of rotatable bonds is 5. The van der Waals surface area contributed by atoms with Crippen LogP contribution in [0.3, 0.4) is 0 Å². The number of benzene rings is 2. The molecule has 1 amide bonds. The lowest BCUT2D eigenvalue weighted by molar-refractivity contribution is -0.137. The van der Waals surface area contributed by atoms with Crippen molar-refractivity contribution in [2.24, 2.45) is 0 Å². The van der Waals surface area contributed by atoms with Gasteiger partial charge in [-0.15, -0.1) is 0 Å². The highest BCUT2D eigenvalue weighted by atomic mass is 32.1. The van der Waals surface area contributed by atoms with Crippen LogP contribution < -0.4 is 5.32 Å². The SMILES string of the molecule is CC1(NC(=O)c2cccc(C(F)(F)F)c2)CCN(CCc2cccc(F)c2)C1=S. The van der Waals surface area contributed by atoms with E-state index in [1.165, 1.54) is 24.3 Å². The third-order valence-corrected chi connectivity index (χ3v) is 5.75. The van der Waals surface area contributed by atoms with Crippen LogP contribution in [0.15, 0.2) is 48.5 Å². The molecule has 0 aliphatic carbocycles. The fraction of sp³-hybridized carbons (Fsp3) is 0.333. The van der Waals surface area contributed by atoms with Gasteiger partial charge < -0.3 is 10.2 Å². The molecule has 0 saturated carbocycles. The summed E-state index contributed by atoms with van der Waals surface area (Å²) in [6, 6.07) is 10.6. The van der Waals surface area contributed by atoms with Crippen LogP contribution in [0, 0.1) is 5.82 Å². The molecular weight excluding hydrogens is 404 g/mol. The number of amides is 1. The minimum Gasteiger partial charge on any atom is -0.364 e. The van der Waals surface area contributed by atoms with E-state index < -0.39 is 23.2 Å². The topological polar surface area (TPSA) is 32.3 Å². The number of likely N-dealkylation sites (tertiary alicyclic amines) is 1. The normalized spacial score (nSPS) is 19.5. The van der Waals surface area contributed by atoms with Crippen LogP contribution in [0.5, 0.6) is 0 Å². The van der Waals surface area contributed by atoms with Crippen molar-refractivity contribution in [3.63, 3.8) is 0 Å². The van der Waals surface area contributed by atoms with E-state index in [9.17, 15) is 22.4 Å². The molecule has 1 heterocycles. The molecule has 0 radical (unpaired) electrons. The first-order chi connectivity index (χ1) is 13.6. The van der Waals surface area contributed by atoms with Gasteiger partial charge in [0.2, 0.25) is 0 Å². The average Bonchev–Trinajstić information content (AvgIpc) is 2.94. The van der Waals surface area contributed by atoms with E-state index in [1.54, 1.807) is 13.0 Å². The molecule has 1 aliphatic rings. The third-order valence-electron chi connectivity index (χ3n) is 5.04. The number of alkyl halides is 3. The van der Waals surface area contributed by atoms with Gasteiger partial charge in [0.05, 0.1) is 11.1 Å². The monoisotopic (exact) mass is 424 g/mol. The smallest absolute Gasteiger partial charge is 0.364 e. The molecule has 2 aromatic carbocycles. The zero-order valence-electron chi connectivity index (χ0n) is 15.7. The van der Waals surface area contributed by atoms with Gasteiger partial charge >= 0.3 is 6.18 Å². The van der Waals surface area contributed by atoms with Crippen LogP contribution in [-0.4, -0.2) is 34.4 Å². The van der Waals surface area contributed by atoms with Gasteiger partial charge in [-0.2, -0.15) is 13.2 Å². The lowest BCUT2D eigenvalue weighted by Crippen LogP contribution is -2.51. The maximum Gasteiger partial charge on any atom is 0.416 e. The molecule has 0 bridgehead atoms. The molecule has 154 valence electrons. The number of carbonyl (C=O) groups is 1. The van der Waals surface area contributed by atoms with Crippen molar-refractivity contribution >= 4 is 23.1 Å². The molecule has 8 heteroatoms. The molecule has 0 aromatic heterocycles. The van der Waals surface area contributed by atoms with Gasteiger partial charge in [-0.25, -0.2) is 4.39 Å². The third kappa shape index (κ3) is 4.93. The summed E-state index contributed by atoms with van der Waals surface area (Å²) in [5, 5.41) is 2.79. The van der Waals surface area contributed by atoms with Gasteiger partial charge in [0.25, 0.3) is 5.91 Å². The van der Waals surface area contributed by atoms with Gasteiger partial charge in [-0.3, -0.25) is 4.79 Å². The highest BCUT2D eigenvalue weighted by Gasteiger charge is 2.40. The number of thiocarbonyl (C=S) groups is 1. The van der Waals surface area contributed by atoms with Crippen molar-refractivity contribution < 1.29 is 22.4 Å². The van der Waals surface area contributed by atoms with Crippen LogP contribution in [0.4, 0.5) is 17.6 Å². The minimum absolute atomic E-state index is 0.0675. The summed E-state index contributed by atoms with van der Waals surface area (Å²) < 4.78 is 52.0. The van der Waals surface area contributed by atoms with E-state index >= 15 is 0 Å². The van der Waals surface area contributed by atoms with Crippen LogP contribution in [0.25, 0.3) is 0 Å². The van der Waals surface area contributed by atoms with Crippen LogP contribution in [0.2, 0.25) is 0 Å². The van der Waals surface area contributed by atoms with Gasteiger partial charge in [-0.05, 0) is 55.7 Å². The highest BCUT2D eigenvalue weighted by molar-refractivity contribution is 7.80. The van der Waals surface area contributed by atoms with E-state index in [4.69, 9.17) is 12.2 Å². The van der Waals surface area contributed by atoms with E-state index in [0.29, 0.717) is 30.9 Å². The number of nitrogens with zero attached hydrogens (tertiary/aromatic N) is 1. The molecule has 0 spiro atoms. The highest BCUT2D eigenvalue weighted by Crippen LogP contribution is 2.30. The Bertz CT molecular complexity index is 931. The van der Waals surface area contributed by atoms with E-state index in [1.807, 2.05) is 11.0 Å². The van der Waals surface area contributed by atoms with Crippen molar-refractivity contribution in [3.05, 3.63) is 71.0 Å². The Hall–Kier alpha value is -2.48. The molecule has 1 atom stereocenters.